The molecule has 2 aromatic carbocycles. The lowest BCUT2D eigenvalue weighted by molar-refractivity contribution is -0.0500. The fourth-order valence-electron chi connectivity index (χ4n) is 5.46. The summed E-state index contributed by atoms with van der Waals surface area (Å²) < 4.78 is 64.6. The van der Waals surface area contributed by atoms with Crippen molar-refractivity contribution >= 4 is 33.4 Å². The van der Waals surface area contributed by atoms with Gasteiger partial charge in [0.15, 0.2) is 0 Å². The van der Waals surface area contributed by atoms with Gasteiger partial charge in [-0.1, -0.05) is 6.07 Å². The number of halogens is 2. The van der Waals surface area contributed by atoms with Crippen molar-refractivity contribution in [2.45, 2.75) is 48.6 Å². The molecule has 0 bridgehead atoms. The van der Waals surface area contributed by atoms with Crippen LogP contribution < -0.4 is 9.04 Å². The summed E-state index contributed by atoms with van der Waals surface area (Å²) in [5.41, 5.74) is 1.39. The number of anilines is 1. The van der Waals surface area contributed by atoms with Crippen molar-refractivity contribution in [3.05, 3.63) is 53.6 Å². The lowest BCUT2D eigenvalue weighted by Gasteiger charge is -2.41. The lowest BCUT2D eigenvalue weighted by atomic mass is 9.70. The van der Waals surface area contributed by atoms with Crippen LogP contribution in [0.2, 0.25) is 0 Å². The summed E-state index contributed by atoms with van der Waals surface area (Å²) in [6, 6.07) is 10.0. The minimum absolute atomic E-state index is 0.0958. The predicted octanol–water partition coefficient (Wildman–Crippen LogP) is 4.83. The predicted molar refractivity (Wildman–Crippen MR) is 125 cm³/mol. The molecule has 2 aliphatic heterocycles. The molecule has 0 aromatic heterocycles. The molecule has 1 unspecified atom stereocenters. The van der Waals surface area contributed by atoms with Crippen molar-refractivity contribution in [1.82, 2.24) is 0 Å². The van der Waals surface area contributed by atoms with Crippen molar-refractivity contribution in [1.29, 1.82) is 0 Å². The van der Waals surface area contributed by atoms with Crippen LogP contribution in [0.4, 0.5) is 14.5 Å². The number of nitrogens with zero attached hydrogens (tertiary/aromatic N) is 1. The number of rotatable bonds is 6. The molecule has 1 saturated heterocycles. The average molecular weight is 510 g/mol. The van der Waals surface area contributed by atoms with Crippen LogP contribution >= 0.6 is 11.8 Å². The van der Waals surface area contributed by atoms with E-state index in [1.54, 1.807) is 18.2 Å². The summed E-state index contributed by atoms with van der Waals surface area (Å²) >= 11 is 1.85. The van der Waals surface area contributed by atoms with E-state index in [9.17, 15) is 22.0 Å². The second-order valence-electron chi connectivity index (χ2n) is 8.93. The minimum atomic E-state index is -4.09. The highest BCUT2D eigenvalue weighted by Crippen LogP contribution is 2.59. The molecule has 182 valence electrons. The summed E-state index contributed by atoms with van der Waals surface area (Å²) in [5.74, 6) is 1.33. The largest absolute Gasteiger partial charge is 0.465 e. The molecule has 6 nitrogen and oxygen atoms in total. The van der Waals surface area contributed by atoms with Crippen molar-refractivity contribution in [2.24, 2.45) is 5.92 Å². The van der Waals surface area contributed by atoms with Gasteiger partial charge in [0.1, 0.15) is 5.75 Å². The average Bonchev–Trinajstić information content (AvgIpc) is 3.63. The fraction of sp³-hybridized carbons (Fsp3) is 0.458. The molecule has 2 heterocycles. The van der Waals surface area contributed by atoms with Gasteiger partial charge < -0.3 is 9.47 Å². The van der Waals surface area contributed by atoms with Crippen LogP contribution in [-0.4, -0.2) is 45.7 Å². The highest BCUT2D eigenvalue weighted by Gasteiger charge is 2.59. The van der Waals surface area contributed by atoms with Crippen molar-refractivity contribution in [2.75, 3.05) is 22.9 Å². The summed E-state index contributed by atoms with van der Waals surface area (Å²) in [5, 5.41) is 0. The normalized spacial score (nSPS) is 21.5. The van der Waals surface area contributed by atoms with Crippen molar-refractivity contribution < 1.29 is 31.5 Å². The number of methoxy groups -OCH3 is 1. The summed E-state index contributed by atoms with van der Waals surface area (Å²) in [7, 11) is -2.77. The number of fused-ring (bicyclic) bond motifs is 2. The Balaban J connectivity index is 1.67. The molecule has 10 heteroatoms. The second kappa shape index (κ2) is 8.71. The van der Waals surface area contributed by atoms with E-state index in [1.807, 2.05) is 11.8 Å². The van der Waals surface area contributed by atoms with Gasteiger partial charge in [0.2, 0.25) is 0 Å². The monoisotopic (exact) mass is 509 g/mol. The lowest BCUT2D eigenvalue weighted by Crippen LogP contribution is -2.50. The molecular formula is C24H25F2NO5S2. The zero-order valence-electron chi connectivity index (χ0n) is 18.6. The first-order valence-electron chi connectivity index (χ1n) is 11.2. The number of hydrogen-bond acceptors (Lipinski definition) is 6. The number of sulfonamides is 1. The molecule has 0 N–H and O–H groups in total. The van der Waals surface area contributed by atoms with Gasteiger partial charge in [-0.2, -0.15) is 20.5 Å². The van der Waals surface area contributed by atoms with Crippen molar-refractivity contribution in [3.63, 3.8) is 0 Å². The van der Waals surface area contributed by atoms with E-state index in [0.717, 1.165) is 48.8 Å². The van der Waals surface area contributed by atoms with E-state index in [0.29, 0.717) is 11.3 Å². The van der Waals surface area contributed by atoms with Gasteiger partial charge in [0, 0.05) is 11.5 Å². The number of alkyl halides is 2. The Bertz CT molecular complexity index is 1210. The van der Waals surface area contributed by atoms with E-state index < -0.39 is 28.0 Å². The Morgan fingerprint density at radius 1 is 1.15 bits per heavy atom. The van der Waals surface area contributed by atoms with E-state index in [1.165, 1.54) is 29.6 Å². The molecule has 1 spiro atoms. The van der Waals surface area contributed by atoms with Gasteiger partial charge in [0.25, 0.3) is 10.0 Å². The van der Waals surface area contributed by atoms with Crippen LogP contribution in [0.1, 0.15) is 41.6 Å². The van der Waals surface area contributed by atoms with E-state index in [2.05, 4.69) is 4.74 Å². The quantitative estimate of drug-likeness (QED) is 0.520. The topological polar surface area (TPSA) is 72.9 Å². The molecule has 1 saturated carbocycles. The van der Waals surface area contributed by atoms with Gasteiger partial charge in [0.05, 0.1) is 29.3 Å². The number of ether oxygens (including phenoxy) is 2. The van der Waals surface area contributed by atoms with Gasteiger partial charge in [-0.05, 0) is 79.0 Å². The third kappa shape index (κ3) is 3.84. The molecule has 5 rings (SSSR count). The van der Waals surface area contributed by atoms with E-state index in [-0.39, 0.29) is 22.6 Å². The first-order chi connectivity index (χ1) is 16.3. The second-order valence-corrected chi connectivity index (χ2v) is 12.0. The molecule has 1 atom stereocenters. The van der Waals surface area contributed by atoms with E-state index in [4.69, 9.17) is 4.74 Å². The maximum absolute atomic E-state index is 14.1. The van der Waals surface area contributed by atoms with Crippen LogP contribution in [0.5, 0.6) is 5.75 Å². The number of carbonyl (C=O) groups excluding carboxylic acids is 1. The number of hydrogen-bond donors (Lipinski definition) is 0. The van der Waals surface area contributed by atoms with Crippen LogP contribution in [0.15, 0.2) is 47.4 Å². The third-order valence-corrected chi connectivity index (χ3v) is 9.83. The number of benzene rings is 2. The highest BCUT2D eigenvalue weighted by atomic mass is 32.2. The minimum Gasteiger partial charge on any atom is -0.465 e. The molecule has 0 radical (unpaired) electrons. The molecule has 2 aromatic rings. The molecule has 3 aliphatic rings. The van der Waals surface area contributed by atoms with Crippen LogP contribution in [0.3, 0.4) is 0 Å². The summed E-state index contributed by atoms with van der Waals surface area (Å²) in [6.45, 7) is -3.05. The molecule has 0 amide bonds. The summed E-state index contributed by atoms with van der Waals surface area (Å²) in [4.78, 5) is 12.2. The molecule has 2 fully saturated rings. The smallest absolute Gasteiger partial charge is 0.387 e. The highest BCUT2D eigenvalue weighted by molar-refractivity contribution is 7.99. The zero-order valence-corrected chi connectivity index (χ0v) is 20.2. The molecule has 1 aliphatic carbocycles. The van der Waals surface area contributed by atoms with Crippen LogP contribution in [-0.2, 0) is 20.2 Å². The van der Waals surface area contributed by atoms with E-state index >= 15 is 0 Å². The van der Waals surface area contributed by atoms with Gasteiger partial charge in [-0.3, -0.25) is 4.31 Å². The maximum Gasteiger partial charge on any atom is 0.387 e. The van der Waals surface area contributed by atoms with Crippen molar-refractivity contribution in [3.8, 4) is 5.75 Å². The maximum atomic E-state index is 14.1. The molecule has 34 heavy (non-hydrogen) atoms. The van der Waals surface area contributed by atoms with Gasteiger partial charge >= 0.3 is 12.6 Å². The number of carbonyl (C=O) groups is 1. The van der Waals surface area contributed by atoms with Gasteiger partial charge in [-0.25, -0.2) is 13.2 Å². The van der Waals surface area contributed by atoms with Gasteiger partial charge in [-0.15, -0.1) is 0 Å². The Morgan fingerprint density at radius 2 is 1.88 bits per heavy atom. The third-order valence-electron chi connectivity index (χ3n) is 7.05. The fourth-order valence-corrected chi connectivity index (χ4v) is 8.52. The van der Waals surface area contributed by atoms with Crippen LogP contribution in [0.25, 0.3) is 0 Å². The first kappa shape index (κ1) is 23.4. The standard InChI is InChI=1S/C24H25F2NO5S2/c1-31-22(28)16-7-8-20-19(13-16)24(9-11-33-12-10-24)21(15-5-6-15)27(20)34(29,30)18-4-2-3-17(14-18)32-23(25)26/h2-4,7-8,13-15,21,23H,5-6,9-12H2,1H3. The Hall–Kier alpha value is -2.33. The zero-order chi connectivity index (χ0) is 24.1. The number of esters is 1. The molecular weight excluding hydrogens is 484 g/mol. The Kier molecular flexibility index (Phi) is 6.00. The summed E-state index contributed by atoms with van der Waals surface area (Å²) in [6.07, 6.45) is 3.46. The number of thioether (sulfide) groups is 1. The van der Waals surface area contributed by atoms with Crippen LogP contribution in [0, 0.1) is 5.92 Å². The Labute approximate surface area is 201 Å². The SMILES string of the molecule is COC(=O)c1ccc2c(c1)C1(CCSCC1)C(C1CC1)N2S(=O)(=O)c1cccc(OC(F)F)c1. The Morgan fingerprint density at radius 3 is 2.53 bits per heavy atom. The first-order valence-corrected chi connectivity index (χ1v) is 13.8.